The molecule has 96 valence electrons. The molecule has 0 saturated carbocycles. The number of epoxide rings is 1. The summed E-state index contributed by atoms with van der Waals surface area (Å²) in [6.45, 7) is 11.1. The van der Waals surface area contributed by atoms with Crippen LogP contribution in [0.15, 0.2) is 0 Å². The van der Waals surface area contributed by atoms with E-state index in [1.807, 2.05) is 13.8 Å². The van der Waals surface area contributed by atoms with Crippen molar-refractivity contribution in [2.45, 2.75) is 45.6 Å². The summed E-state index contributed by atoms with van der Waals surface area (Å²) in [6, 6.07) is 0.918. The molecule has 1 rings (SSSR count). The summed E-state index contributed by atoms with van der Waals surface area (Å²) in [7, 11) is -2.19. The van der Waals surface area contributed by atoms with Crippen LogP contribution in [0.1, 0.15) is 27.7 Å². The molecule has 0 N–H and O–H groups in total. The van der Waals surface area contributed by atoms with Crippen molar-refractivity contribution in [2.75, 3.05) is 26.4 Å². The van der Waals surface area contributed by atoms with E-state index in [4.69, 9.17) is 18.3 Å². The highest BCUT2D eigenvalue weighted by Gasteiger charge is 2.43. The van der Waals surface area contributed by atoms with Crippen LogP contribution in [0.5, 0.6) is 0 Å². The Morgan fingerprint density at radius 3 is 2.19 bits per heavy atom. The predicted molar refractivity (Wildman–Crippen MR) is 64.6 cm³/mol. The van der Waals surface area contributed by atoms with Gasteiger partial charge in [-0.1, -0.05) is 6.92 Å². The summed E-state index contributed by atoms with van der Waals surface area (Å²) in [4.78, 5) is 0. The molecule has 1 heterocycles. The van der Waals surface area contributed by atoms with Gasteiger partial charge in [0.1, 0.15) is 6.10 Å². The van der Waals surface area contributed by atoms with Crippen molar-refractivity contribution in [1.82, 2.24) is 0 Å². The molecule has 1 saturated heterocycles. The van der Waals surface area contributed by atoms with E-state index in [0.29, 0.717) is 25.9 Å². The third-order valence-corrected chi connectivity index (χ3v) is 6.77. The highest BCUT2D eigenvalue weighted by molar-refractivity contribution is 6.68. The fourth-order valence-corrected chi connectivity index (χ4v) is 4.66. The minimum Gasteiger partial charge on any atom is -0.393 e. The first kappa shape index (κ1) is 14.1. The average Bonchev–Trinajstić information content (AvgIpc) is 3.09. The van der Waals surface area contributed by atoms with Crippen LogP contribution >= 0.6 is 0 Å². The van der Waals surface area contributed by atoms with Crippen molar-refractivity contribution in [3.63, 3.8) is 0 Å². The Balaban J connectivity index is 2.48. The van der Waals surface area contributed by atoms with Crippen molar-refractivity contribution in [3.05, 3.63) is 0 Å². The minimum absolute atomic E-state index is 0.0570. The molecule has 0 aromatic carbocycles. The smallest absolute Gasteiger partial charge is 0.367 e. The Bertz CT molecular complexity index is 190. The van der Waals surface area contributed by atoms with Crippen LogP contribution in [0.4, 0.5) is 0 Å². The highest BCUT2D eigenvalue weighted by Crippen LogP contribution is 2.22. The fraction of sp³-hybridized carbons (Fsp3) is 1.00. The summed E-state index contributed by atoms with van der Waals surface area (Å²) in [5, 5.41) is 0. The molecule has 0 aromatic rings. The summed E-state index contributed by atoms with van der Waals surface area (Å²) in [6.07, 6.45) is 0.300. The Hall–Kier alpha value is 0.0569. The lowest BCUT2D eigenvalue weighted by Gasteiger charge is -2.33. The van der Waals surface area contributed by atoms with Crippen LogP contribution in [0, 0.1) is 0 Å². The summed E-state index contributed by atoms with van der Waals surface area (Å²) in [5.41, 5.74) is 0.0570. The maximum absolute atomic E-state index is 5.88. The standard InChI is InChI=1S/C11H24O4Si/c1-5-14-16(7-3,15-6-2)10(4)12-8-11-9-13-11/h10-11H,5-9H2,1-4H3. The molecule has 2 atom stereocenters. The van der Waals surface area contributed by atoms with Crippen LogP contribution in [-0.4, -0.2) is 46.8 Å². The van der Waals surface area contributed by atoms with E-state index < -0.39 is 8.56 Å². The van der Waals surface area contributed by atoms with Crippen LogP contribution in [0.2, 0.25) is 6.04 Å². The van der Waals surface area contributed by atoms with E-state index in [-0.39, 0.29) is 5.73 Å². The maximum atomic E-state index is 5.88. The number of hydrogen-bond acceptors (Lipinski definition) is 4. The van der Waals surface area contributed by atoms with Crippen molar-refractivity contribution in [1.29, 1.82) is 0 Å². The molecule has 0 aliphatic carbocycles. The largest absolute Gasteiger partial charge is 0.393 e. The summed E-state index contributed by atoms with van der Waals surface area (Å²) < 4.78 is 22.7. The van der Waals surface area contributed by atoms with E-state index in [9.17, 15) is 0 Å². The number of hydrogen-bond donors (Lipinski definition) is 0. The molecular formula is C11H24O4Si. The van der Waals surface area contributed by atoms with Gasteiger partial charge in [-0.15, -0.1) is 0 Å². The third-order valence-electron chi connectivity index (χ3n) is 2.82. The molecule has 1 fully saturated rings. The third kappa shape index (κ3) is 3.82. The van der Waals surface area contributed by atoms with Gasteiger partial charge in [-0.05, 0) is 26.8 Å². The van der Waals surface area contributed by atoms with Gasteiger partial charge >= 0.3 is 8.56 Å². The summed E-state index contributed by atoms with van der Waals surface area (Å²) >= 11 is 0. The van der Waals surface area contributed by atoms with Gasteiger partial charge in [0, 0.05) is 13.2 Å². The van der Waals surface area contributed by atoms with Crippen molar-refractivity contribution in [2.24, 2.45) is 0 Å². The topological polar surface area (TPSA) is 40.2 Å². The molecule has 0 spiro atoms. The van der Waals surface area contributed by atoms with E-state index in [2.05, 4.69) is 13.8 Å². The average molecular weight is 248 g/mol. The van der Waals surface area contributed by atoms with Gasteiger partial charge in [0.25, 0.3) is 0 Å². The van der Waals surface area contributed by atoms with E-state index >= 15 is 0 Å². The molecule has 1 aliphatic heterocycles. The maximum Gasteiger partial charge on any atom is 0.367 e. The molecule has 0 radical (unpaired) electrons. The first-order valence-corrected chi connectivity index (χ1v) is 8.29. The van der Waals surface area contributed by atoms with Crippen molar-refractivity contribution in [3.8, 4) is 0 Å². The monoisotopic (exact) mass is 248 g/mol. The Kier molecular flexibility index (Phi) is 5.92. The Morgan fingerprint density at radius 2 is 1.81 bits per heavy atom. The normalized spacial score (nSPS) is 22.1. The lowest BCUT2D eigenvalue weighted by Crippen LogP contribution is -2.53. The number of ether oxygens (including phenoxy) is 2. The van der Waals surface area contributed by atoms with Crippen molar-refractivity contribution >= 4 is 8.56 Å². The molecule has 2 unspecified atom stereocenters. The van der Waals surface area contributed by atoms with Crippen molar-refractivity contribution < 1.29 is 18.3 Å². The Labute approximate surface area is 99.5 Å². The molecular weight excluding hydrogens is 224 g/mol. The first-order valence-electron chi connectivity index (χ1n) is 6.19. The van der Waals surface area contributed by atoms with E-state index in [0.717, 1.165) is 12.7 Å². The quantitative estimate of drug-likeness (QED) is 0.461. The summed E-state index contributed by atoms with van der Waals surface area (Å²) in [5.74, 6) is 0. The molecule has 16 heavy (non-hydrogen) atoms. The van der Waals surface area contributed by atoms with Gasteiger partial charge in [0.15, 0.2) is 0 Å². The second-order valence-electron chi connectivity index (χ2n) is 3.96. The second-order valence-corrected chi connectivity index (χ2v) is 7.68. The van der Waals surface area contributed by atoms with Gasteiger partial charge in [-0.25, -0.2) is 0 Å². The van der Waals surface area contributed by atoms with Crippen LogP contribution in [0.25, 0.3) is 0 Å². The van der Waals surface area contributed by atoms with Crippen LogP contribution < -0.4 is 0 Å². The van der Waals surface area contributed by atoms with Gasteiger partial charge in [-0.3, -0.25) is 0 Å². The molecule has 4 nitrogen and oxygen atoms in total. The Morgan fingerprint density at radius 1 is 1.25 bits per heavy atom. The first-order chi connectivity index (χ1) is 7.68. The molecule has 0 bridgehead atoms. The molecule has 5 heteroatoms. The van der Waals surface area contributed by atoms with Gasteiger partial charge in [0.05, 0.1) is 18.9 Å². The zero-order chi connectivity index (χ0) is 12.0. The number of rotatable bonds is 9. The zero-order valence-corrected chi connectivity index (χ0v) is 11.8. The van der Waals surface area contributed by atoms with Crippen LogP contribution in [0.3, 0.4) is 0 Å². The lowest BCUT2D eigenvalue weighted by atomic mass is 10.5. The van der Waals surface area contributed by atoms with E-state index in [1.54, 1.807) is 0 Å². The molecule has 0 amide bonds. The van der Waals surface area contributed by atoms with Gasteiger partial charge in [-0.2, -0.15) is 0 Å². The molecule has 0 aromatic heterocycles. The predicted octanol–water partition coefficient (Wildman–Crippen LogP) is 1.86. The minimum atomic E-state index is -2.19. The van der Waals surface area contributed by atoms with Gasteiger partial charge < -0.3 is 18.3 Å². The lowest BCUT2D eigenvalue weighted by molar-refractivity contribution is 0.0477. The van der Waals surface area contributed by atoms with Crippen LogP contribution in [-0.2, 0) is 18.3 Å². The highest BCUT2D eigenvalue weighted by atomic mass is 28.4. The fourth-order valence-electron chi connectivity index (χ4n) is 1.80. The van der Waals surface area contributed by atoms with E-state index in [1.165, 1.54) is 0 Å². The second kappa shape index (κ2) is 6.71. The molecule has 1 aliphatic rings. The van der Waals surface area contributed by atoms with Gasteiger partial charge in [0.2, 0.25) is 0 Å². The SMILES string of the molecule is CCO[Si](CC)(OCC)C(C)OCC1CO1. The zero-order valence-electron chi connectivity index (χ0n) is 10.8.